The zero-order chi connectivity index (χ0) is 15.0. The van der Waals surface area contributed by atoms with Crippen LogP contribution < -0.4 is 15.4 Å². The van der Waals surface area contributed by atoms with E-state index in [2.05, 4.69) is 42.2 Å². The largest absolute Gasteiger partial charge is 0.496 e. The summed E-state index contributed by atoms with van der Waals surface area (Å²) in [5, 5.41) is 0. The topological polar surface area (TPSA) is 38.5 Å². The van der Waals surface area contributed by atoms with Crippen LogP contribution in [0.25, 0.3) is 0 Å². The van der Waals surface area contributed by atoms with Crippen molar-refractivity contribution in [2.24, 2.45) is 5.73 Å². The highest BCUT2D eigenvalue weighted by Crippen LogP contribution is 2.43. The zero-order valence-corrected chi connectivity index (χ0v) is 12.8. The Labute approximate surface area is 126 Å². The standard InChI is InChI=1S/C18H22N2O/c1-12-11-14-7-4-5-8-15(14)20(12)16-9-6-10-17(21-3)18(16)13(2)19/h4-10,12-13H,11,19H2,1-3H3. The van der Waals surface area contributed by atoms with Gasteiger partial charge in [0.05, 0.1) is 7.11 Å². The van der Waals surface area contributed by atoms with Crippen molar-refractivity contribution in [3.63, 3.8) is 0 Å². The number of anilines is 2. The monoisotopic (exact) mass is 282 g/mol. The molecule has 0 amide bonds. The Bertz CT molecular complexity index is 651. The van der Waals surface area contributed by atoms with Gasteiger partial charge in [0.2, 0.25) is 0 Å². The predicted octanol–water partition coefficient (Wildman–Crippen LogP) is 3.80. The highest BCUT2D eigenvalue weighted by molar-refractivity contribution is 5.75. The van der Waals surface area contributed by atoms with E-state index in [-0.39, 0.29) is 6.04 Å². The Kier molecular flexibility index (Phi) is 3.60. The van der Waals surface area contributed by atoms with Gasteiger partial charge in [0, 0.05) is 29.0 Å². The molecule has 0 spiro atoms. The van der Waals surface area contributed by atoms with Gasteiger partial charge in [-0.15, -0.1) is 0 Å². The lowest BCUT2D eigenvalue weighted by atomic mass is 10.0. The Hall–Kier alpha value is -2.00. The fourth-order valence-electron chi connectivity index (χ4n) is 3.31. The van der Waals surface area contributed by atoms with Gasteiger partial charge in [0.1, 0.15) is 5.75 Å². The van der Waals surface area contributed by atoms with Crippen LogP contribution in [0.15, 0.2) is 42.5 Å². The van der Waals surface area contributed by atoms with E-state index in [9.17, 15) is 0 Å². The van der Waals surface area contributed by atoms with Gasteiger partial charge in [0.15, 0.2) is 0 Å². The van der Waals surface area contributed by atoms with Crippen LogP contribution >= 0.6 is 0 Å². The lowest BCUT2D eigenvalue weighted by Gasteiger charge is -2.29. The SMILES string of the molecule is COc1cccc(N2c3ccccc3CC2C)c1C(C)N. The average Bonchev–Trinajstić information content (AvgIpc) is 2.81. The Balaban J connectivity index is 2.17. The molecule has 3 rings (SSSR count). The van der Waals surface area contributed by atoms with Crippen LogP contribution in [0.4, 0.5) is 11.4 Å². The Morgan fingerprint density at radius 3 is 2.57 bits per heavy atom. The minimum Gasteiger partial charge on any atom is -0.496 e. The molecule has 0 aromatic heterocycles. The fraction of sp³-hybridized carbons (Fsp3) is 0.333. The molecule has 0 bridgehead atoms. The van der Waals surface area contributed by atoms with E-state index in [0.29, 0.717) is 6.04 Å². The second-order valence-electron chi connectivity index (χ2n) is 5.73. The molecule has 1 aliphatic rings. The van der Waals surface area contributed by atoms with E-state index in [0.717, 1.165) is 23.4 Å². The minimum absolute atomic E-state index is 0.0730. The van der Waals surface area contributed by atoms with E-state index >= 15 is 0 Å². The molecule has 0 saturated heterocycles. The van der Waals surface area contributed by atoms with Crippen molar-refractivity contribution < 1.29 is 4.74 Å². The maximum absolute atomic E-state index is 6.22. The number of nitrogens with two attached hydrogens (primary N) is 1. The summed E-state index contributed by atoms with van der Waals surface area (Å²) in [4.78, 5) is 2.39. The first-order chi connectivity index (χ1) is 10.1. The lowest BCUT2D eigenvalue weighted by Crippen LogP contribution is -2.26. The molecule has 2 aromatic rings. The van der Waals surface area contributed by atoms with Crippen molar-refractivity contribution in [1.29, 1.82) is 0 Å². The molecule has 1 heterocycles. The van der Waals surface area contributed by atoms with Gasteiger partial charge in [-0.3, -0.25) is 0 Å². The molecule has 2 aromatic carbocycles. The van der Waals surface area contributed by atoms with Gasteiger partial charge in [0.25, 0.3) is 0 Å². The first-order valence-corrected chi connectivity index (χ1v) is 7.43. The minimum atomic E-state index is -0.0730. The number of hydrogen-bond donors (Lipinski definition) is 1. The molecule has 3 nitrogen and oxygen atoms in total. The van der Waals surface area contributed by atoms with E-state index in [1.54, 1.807) is 7.11 Å². The van der Waals surface area contributed by atoms with E-state index < -0.39 is 0 Å². The molecule has 21 heavy (non-hydrogen) atoms. The zero-order valence-electron chi connectivity index (χ0n) is 12.8. The van der Waals surface area contributed by atoms with E-state index in [1.807, 2.05) is 19.1 Å². The lowest BCUT2D eigenvalue weighted by molar-refractivity contribution is 0.407. The van der Waals surface area contributed by atoms with Crippen molar-refractivity contribution in [2.45, 2.75) is 32.4 Å². The fourth-order valence-corrected chi connectivity index (χ4v) is 3.31. The number of hydrogen-bond acceptors (Lipinski definition) is 3. The molecule has 0 saturated carbocycles. The van der Waals surface area contributed by atoms with Crippen molar-refractivity contribution in [3.8, 4) is 5.75 Å². The third-order valence-electron chi connectivity index (χ3n) is 4.19. The van der Waals surface area contributed by atoms with Gasteiger partial charge < -0.3 is 15.4 Å². The molecule has 2 N–H and O–H groups in total. The van der Waals surface area contributed by atoms with Crippen LogP contribution in [0, 0.1) is 0 Å². The second-order valence-corrected chi connectivity index (χ2v) is 5.73. The molecule has 0 fully saturated rings. The van der Waals surface area contributed by atoms with Crippen LogP contribution in [-0.2, 0) is 6.42 Å². The number of fused-ring (bicyclic) bond motifs is 1. The second kappa shape index (κ2) is 5.41. The van der Waals surface area contributed by atoms with Crippen molar-refractivity contribution >= 4 is 11.4 Å². The summed E-state index contributed by atoms with van der Waals surface area (Å²) >= 11 is 0. The number of para-hydroxylation sites is 1. The van der Waals surface area contributed by atoms with Gasteiger partial charge in [-0.05, 0) is 44.0 Å². The average molecular weight is 282 g/mol. The Morgan fingerprint density at radius 2 is 1.86 bits per heavy atom. The summed E-state index contributed by atoms with van der Waals surface area (Å²) in [5.41, 5.74) is 11.1. The number of benzene rings is 2. The van der Waals surface area contributed by atoms with Gasteiger partial charge in [-0.2, -0.15) is 0 Å². The molecule has 2 atom stereocenters. The van der Waals surface area contributed by atoms with Crippen LogP contribution in [-0.4, -0.2) is 13.2 Å². The smallest absolute Gasteiger partial charge is 0.125 e. The van der Waals surface area contributed by atoms with Crippen LogP contribution in [0.1, 0.15) is 31.0 Å². The summed E-state index contributed by atoms with van der Waals surface area (Å²) in [6.07, 6.45) is 1.06. The molecule has 110 valence electrons. The number of ether oxygens (including phenoxy) is 1. The quantitative estimate of drug-likeness (QED) is 0.930. The molecule has 2 unspecified atom stereocenters. The normalized spacial score (nSPS) is 18.5. The van der Waals surface area contributed by atoms with Crippen LogP contribution in [0.5, 0.6) is 5.75 Å². The van der Waals surface area contributed by atoms with Crippen molar-refractivity contribution in [1.82, 2.24) is 0 Å². The summed E-state index contributed by atoms with van der Waals surface area (Å²) < 4.78 is 5.52. The van der Waals surface area contributed by atoms with Crippen molar-refractivity contribution in [3.05, 3.63) is 53.6 Å². The highest BCUT2D eigenvalue weighted by atomic mass is 16.5. The van der Waals surface area contributed by atoms with Crippen LogP contribution in [0.3, 0.4) is 0 Å². The third kappa shape index (κ3) is 2.28. The molecule has 1 aliphatic heterocycles. The summed E-state index contributed by atoms with van der Waals surface area (Å²) in [7, 11) is 1.70. The molecule has 0 aliphatic carbocycles. The molecule has 0 radical (unpaired) electrons. The summed E-state index contributed by atoms with van der Waals surface area (Å²) in [6, 6.07) is 15.1. The van der Waals surface area contributed by atoms with Crippen LogP contribution in [0.2, 0.25) is 0 Å². The van der Waals surface area contributed by atoms with Crippen molar-refractivity contribution in [2.75, 3.05) is 12.0 Å². The molecule has 3 heteroatoms. The first kappa shape index (κ1) is 14.0. The summed E-state index contributed by atoms with van der Waals surface area (Å²) in [5.74, 6) is 0.860. The maximum Gasteiger partial charge on any atom is 0.125 e. The highest BCUT2D eigenvalue weighted by Gasteiger charge is 2.29. The number of nitrogens with zero attached hydrogens (tertiary/aromatic N) is 1. The number of methoxy groups -OCH3 is 1. The maximum atomic E-state index is 6.22. The summed E-state index contributed by atoms with van der Waals surface area (Å²) in [6.45, 7) is 4.26. The van der Waals surface area contributed by atoms with Gasteiger partial charge >= 0.3 is 0 Å². The molecular formula is C18H22N2O. The third-order valence-corrected chi connectivity index (χ3v) is 4.19. The predicted molar refractivity (Wildman–Crippen MR) is 87.3 cm³/mol. The van der Waals surface area contributed by atoms with Gasteiger partial charge in [-0.1, -0.05) is 24.3 Å². The van der Waals surface area contributed by atoms with Gasteiger partial charge in [-0.25, -0.2) is 0 Å². The number of rotatable bonds is 3. The first-order valence-electron chi connectivity index (χ1n) is 7.43. The van der Waals surface area contributed by atoms with E-state index in [1.165, 1.54) is 11.3 Å². The molecular weight excluding hydrogens is 260 g/mol. The van der Waals surface area contributed by atoms with E-state index in [4.69, 9.17) is 10.5 Å². The Morgan fingerprint density at radius 1 is 1.14 bits per heavy atom.